The van der Waals surface area contributed by atoms with Gasteiger partial charge in [-0.25, -0.2) is 4.90 Å². The van der Waals surface area contributed by atoms with E-state index in [9.17, 15) is 9.59 Å². The average Bonchev–Trinajstić information content (AvgIpc) is 3.16. The molecule has 1 aromatic rings. The van der Waals surface area contributed by atoms with Crippen molar-refractivity contribution in [2.75, 3.05) is 31.2 Å². The Labute approximate surface area is 151 Å². The number of rotatable bonds is 2. The number of nitrogens with zero attached hydrogens (tertiary/aromatic N) is 2. The number of carbonyl (C=O) groups excluding carboxylic acids is 2. The van der Waals surface area contributed by atoms with Crippen molar-refractivity contribution in [2.45, 2.75) is 38.0 Å². The molecule has 3 saturated heterocycles. The fraction of sp³-hybridized carbons (Fsp3) is 0.556. The normalized spacial score (nSPS) is 26.8. The molecule has 0 saturated carbocycles. The molecule has 4 rings (SSSR count). The Morgan fingerprint density at radius 3 is 2.48 bits per heavy atom. The quantitative estimate of drug-likeness (QED) is 0.752. The van der Waals surface area contributed by atoms with Crippen LogP contribution in [0.3, 0.4) is 0 Å². The number of anilines is 1. The highest BCUT2D eigenvalue weighted by Gasteiger charge is 2.47. The van der Waals surface area contributed by atoms with Gasteiger partial charge in [-0.1, -0.05) is 17.7 Å². The van der Waals surface area contributed by atoms with Gasteiger partial charge >= 0.3 is 0 Å². The minimum Gasteiger partial charge on any atom is -0.347 e. The molecule has 1 spiro atoms. The van der Waals surface area contributed by atoms with Crippen molar-refractivity contribution < 1.29 is 19.1 Å². The maximum absolute atomic E-state index is 12.9. The summed E-state index contributed by atoms with van der Waals surface area (Å²) in [7, 11) is 0. The van der Waals surface area contributed by atoms with Crippen LogP contribution in [-0.4, -0.2) is 54.8 Å². The molecule has 3 heterocycles. The Kier molecular flexibility index (Phi) is 4.32. The van der Waals surface area contributed by atoms with E-state index in [1.165, 1.54) is 4.90 Å². The van der Waals surface area contributed by atoms with E-state index in [0.717, 1.165) is 18.4 Å². The van der Waals surface area contributed by atoms with E-state index < -0.39 is 11.8 Å². The SMILES string of the molecule is Cc1ccc(N2C(=O)C[C@@H](N3CCC4(CC3)OCCO4)C2=O)cc1Cl. The Morgan fingerprint density at radius 2 is 1.84 bits per heavy atom. The van der Waals surface area contributed by atoms with Gasteiger partial charge in [0.15, 0.2) is 5.79 Å². The number of imide groups is 1. The minimum atomic E-state index is -0.480. The van der Waals surface area contributed by atoms with Gasteiger partial charge in [-0.15, -0.1) is 0 Å². The second-order valence-corrected chi connectivity index (χ2v) is 7.27. The van der Waals surface area contributed by atoms with Gasteiger partial charge in [0.25, 0.3) is 5.91 Å². The zero-order valence-electron chi connectivity index (χ0n) is 14.2. The summed E-state index contributed by atoms with van der Waals surface area (Å²) in [6, 6.07) is 4.86. The molecule has 1 atom stereocenters. The fourth-order valence-electron chi connectivity index (χ4n) is 3.86. The van der Waals surface area contributed by atoms with Gasteiger partial charge in [-0.05, 0) is 24.6 Å². The number of hydrogen-bond donors (Lipinski definition) is 0. The van der Waals surface area contributed by atoms with Crippen LogP contribution in [0, 0.1) is 6.92 Å². The topological polar surface area (TPSA) is 59.1 Å². The van der Waals surface area contributed by atoms with Crippen LogP contribution in [0.15, 0.2) is 18.2 Å². The zero-order chi connectivity index (χ0) is 17.6. The van der Waals surface area contributed by atoms with E-state index in [1.54, 1.807) is 12.1 Å². The minimum absolute atomic E-state index is 0.172. The summed E-state index contributed by atoms with van der Waals surface area (Å²) in [4.78, 5) is 28.7. The van der Waals surface area contributed by atoms with Gasteiger partial charge in [0.1, 0.15) is 0 Å². The molecule has 134 valence electrons. The lowest BCUT2D eigenvalue weighted by atomic mass is 10.0. The third kappa shape index (κ3) is 2.97. The van der Waals surface area contributed by atoms with Crippen LogP contribution < -0.4 is 4.90 Å². The first kappa shape index (κ1) is 17.0. The fourth-order valence-corrected chi connectivity index (χ4v) is 4.03. The van der Waals surface area contributed by atoms with Crippen LogP contribution in [0.5, 0.6) is 0 Å². The highest BCUT2D eigenvalue weighted by atomic mass is 35.5. The third-order valence-electron chi connectivity index (χ3n) is 5.35. The van der Waals surface area contributed by atoms with Crippen molar-refractivity contribution in [3.63, 3.8) is 0 Å². The first-order chi connectivity index (χ1) is 12.0. The molecule has 3 fully saturated rings. The first-order valence-corrected chi connectivity index (χ1v) is 9.02. The third-order valence-corrected chi connectivity index (χ3v) is 5.76. The predicted molar refractivity (Wildman–Crippen MR) is 92.5 cm³/mol. The van der Waals surface area contributed by atoms with Crippen LogP contribution >= 0.6 is 11.6 Å². The van der Waals surface area contributed by atoms with E-state index in [2.05, 4.69) is 4.90 Å². The van der Waals surface area contributed by atoms with E-state index in [0.29, 0.717) is 37.0 Å². The Balaban J connectivity index is 1.48. The van der Waals surface area contributed by atoms with E-state index >= 15 is 0 Å². The smallest absolute Gasteiger partial charge is 0.251 e. The molecule has 3 aliphatic heterocycles. The van der Waals surface area contributed by atoms with Crippen LogP contribution in [-0.2, 0) is 19.1 Å². The molecule has 0 aromatic heterocycles. The molecule has 25 heavy (non-hydrogen) atoms. The monoisotopic (exact) mass is 364 g/mol. The number of benzene rings is 1. The number of piperidine rings is 1. The summed E-state index contributed by atoms with van der Waals surface area (Å²) in [5.74, 6) is -0.829. The van der Waals surface area contributed by atoms with Gasteiger partial charge in [-0.2, -0.15) is 0 Å². The molecular weight excluding hydrogens is 344 g/mol. The summed E-state index contributed by atoms with van der Waals surface area (Å²) < 4.78 is 11.5. The molecule has 6 nitrogen and oxygen atoms in total. The second kappa shape index (κ2) is 6.36. The maximum atomic E-state index is 12.9. The average molecular weight is 365 g/mol. The maximum Gasteiger partial charge on any atom is 0.251 e. The number of hydrogen-bond acceptors (Lipinski definition) is 5. The summed E-state index contributed by atoms with van der Waals surface area (Å²) in [6.07, 6.45) is 1.65. The number of amides is 2. The Morgan fingerprint density at radius 1 is 1.16 bits per heavy atom. The lowest BCUT2D eigenvalue weighted by Gasteiger charge is -2.39. The number of ether oxygens (including phenoxy) is 2. The number of aryl methyl sites for hydroxylation is 1. The lowest BCUT2D eigenvalue weighted by molar-refractivity contribution is -0.188. The van der Waals surface area contributed by atoms with Crippen molar-refractivity contribution in [3.8, 4) is 0 Å². The van der Waals surface area contributed by atoms with Crippen LogP contribution in [0.1, 0.15) is 24.8 Å². The van der Waals surface area contributed by atoms with Crippen LogP contribution in [0.4, 0.5) is 5.69 Å². The van der Waals surface area contributed by atoms with Crippen molar-refractivity contribution in [3.05, 3.63) is 28.8 Å². The lowest BCUT2D eigenvalue weighted by Crippen LogP contribution is -2.51. The van der Waals surface area contributed by atoms with Crippen molar-refractivity contribution in [1.29, 1.82) is 0 Å². The van der Waals surface area contributed by atoms with Crippen molar-refractivity contribution >= 4 is 29.1 Å². The van der Waals surface area contributed by atoms with Gasteiger partial charge < -0.3 is 9.47 Å². The first-order valence-electron chi connectivity index (χ1n) is 8.64. The van der Waals surface area contributed by atoms with Crippen LogP contribution in [0.2, 0.25) is 5.02 Å². The van der Waals surface area contributed by atoms with Crippen molar-refractivity contribution in [1.82, 2.24) is 4.90 Å². The van der Waals surface area contributed by atoms with Gasteiger partial charge in [0.05, 0.1) is 31.4 Å². The van der Waals surface area contributed by atoms with Gasteiger partial charge in [0.2, 0.25) is 5.91 Å². The summed E-state index contributed by atoms with van der Waals surface area (Å²) >= 11 is 6.15. The standard InChI is InChI=1S/C18H21ClN2O4/c1-12-2-3-13(10-14(12)19)21-16(22)11-15(17(21)23)20-6-4-18(5-7-20)24-8-9-25-18/h2-3,10,15H,4-9,11H2,1H3/t15-/m1/s1. The Bertz CT molecular complexity index is 707. The largest absolute Gasteiger partial charge is 0.347 e. The highest BCUT2D eigenvalue weighted by Crippen LogP contribution is 2.35. The molecule has 0 radical (unpaired) electrons. The molecule has 2 amide bonds. The number of halogens is 1. The van der Waals surface area contributed by atoms with Crippen LogP contribution in [0.25, 0.3) is 0 Å². The molecule has 3 aliphatic rings. The van der Waals surface area contributed by atoms with Crippen molar-refractivity contribution in [2.24, 2.45) is 0 Å². The predicted octanol–water partition coefficient (Wildman–Crippen LogP) is 2.12. The molecule has 0 aliphatic carbocycles. The molecule has 0 unspecified atom stereocenters. The van der Waals surface area contributed by atoms with Gasteiger partial charge in [-0.3, -0.25) is 14.5 Å². The summed E-state index contributed by atoms with van der Waals surface area (Å²) in [5, 5.41) is 0.553. The molecule has 0 bridgehead atoms. The molecular formula is C18H21ClN2O4. The number of carbonyl (C=O) groups is 2. The summed E-state index contributed by atoms with van der Waals surface area (Å²) in [6.45, 7) is 4.52. The van der Waals surface area contributed by atoms with Gasteiger partial charge in [0, 0.05) is 31.0 Å². The molecule has 7 heteroatoms. The number of likely N-dealkylation sites (tertiary alicyclic amines) is 1. The van der Waals surface area contributed by atoms with E-state index in [-0.39, 0.29) is 18.2 Å². The summed E-state index contributed by atoms with van der Waals surface area (Å²) in [5.41, 5.74) is 1.46. The molecule has 1 aromatic carbocycles. The zero-order valence-corrected chi connectivity index (χ0v) is 14.9. The van der Waals surface area contributed by atoms with E-state index in [1.807, 2.05) is 13.0 Å². The Hall–Kier alpha value is -1.47. The van der Waals surface area contributed by atoms with E-state index in [4.69, 9.17) is 21.1 Å². The highest BCUT2D eigenvalue weighted by molar-refractivity contribution is 6.32. The second-order valence-electron chi connectivity index (χ2n) is 6.86. The molecule has 0 N–H and O–H groups in total.